The third-order valence-corrected chi connectivity index (χ3v) is 5.45. The second-order valence-corrected chi connectivity index (χ2v) is 7.67. The van der Waals surface area contributed by atoms with E-state index < -0.39 is 0 Å². The lowest BCUT2D eigenvalue weighted by molar-refractivity contribution is 0.602. The van der Waals surface area contributed by atoms with Crippen LogP contribution in [0.25, 0.3) is 33.4 Å². The van der Waals surface area contributed by atoms with E-state index in [4.69, 9.17) is 5.73 Å². The molecule has 5 rings (SSSR count). The van der Waals surface area contributed by atoms with Crippen LogP contribution in [0.4, 0.5) is 10.2 Å². The Morgan fingerprint density at radius 3 is 3.03 bits per heavy atom. The Morgan fingerprint density at radius 2 is 2.20 bits per heavy atom. The van der Waals surface area contributed by atoms with Gasteiger partial charge in [-0.1, -0.05) is 18.2 Å². The van der Waals surface area contributed by atoms with Gasteiger partial charge in [0, 0.05) is 17.2 Å². The molecule has 0 unspecified atom stereocenters. The summed E-state index contributed by atoms with van der Waals surface area (Å²) in [5.41, 5.74) is 8.97. The highest BCUT2D eigenvalue weighted by molar-refractivity contribution is 7.13. The van der Waals surface area contributed by atoms with Gasteiger partial charge < -0.3 is 10.7 Å². The Kier molecular flexibility index (Phi) is 4.47. The van der Waals surface area contributed by atoms with Crippen LogP contribution in [0.3, 0.4) is 0 Å². The molecule has 30 heavy (non-hydrogen) atoms. The normalized spacial score (nSPS) is 14.1. The van der Waals surface area contributed by atoms with Crippen LogP contribution in [0.5, 0.6) is 0 Å². The van der Waals surface area contributed by atoms with Crippen molar-refractivity contribution in [3.63, 3.8) is 0 Å². The Labute approximate surface area is 174 Å². The number of aromatic amines is 1. The molecule has 0 atom stereocenters. The Morgan fingerprint density at radius 1 is 1.30 bits per heavy atom. The molecule has 8 nitrogen and oxygen atoms in total. The molecule has 0 aromatic carbocycles. The highest BCUT2D eigenvalue weighted by Crippen LogP contribution is 2.29. The standard InChI is InChI=1S/C20H17FN8S/c1-11-24-16-17(22)26-18(27-19(16)25-11)14-9-15(20-23-7-8-30-20)29(28-14)10-12-5-3-2-4-6-13(12)21/h2-3,5-9H,4,10H2,1H3,(H3,22,24,25,26,27). The first-order chi connectivity index (χ1) is 14.6. The van der Waals surface area contributed by atoms with Crippen LogP contribution >= 0.6 is 11.3 Å². The number of anilines is 1. The smallest absolute Gasteiger partial charge is 0.184 e. The summed E-state index contributed by atoms with van der Waals surface area (Å²) in [6.45, 7) is 2.08. The SMILES string of the molecule is Cc1nc2nc(-c3cc(-c4nccs4)n(CC4=CC=CCC=C4F)n3)nc(N)c2[nH]1. The molecule has 0 spiro atoms. The van der Waals surface area contributed by atoms with Crippen molar-refractivity contribution in [2.24, 2.45) is 0 Å². The lowest BCUT2D eigenvalue weighted by Gasteiger charge is -2.08. The minimum Gasteiger partial charge on any atom is -0.382 e. The molecule has 0 aliphatic heterocycles. The number of nitrogen functional groups attached to an aromatic ring is 1. The highest BCUT2D eigenvalue weighted by Gasteiger charge is 2.19. The number of halogens is 1. The lowest BCUT2D eigenvalue weighted by Crippen LogP contribution is -2.06. The van der Waals surface area contributed by atoms with Gasteiger partial charge in [0.05, 0.1) is 12.2 Å². The van der Waals surface area contributed by atoms with E-state index in [1.165, 1.54) is 11.3 Å². The van der Waals surface area contributed by atoms with E-state index in [9.17, 15) is 4.39 Å². The summed E-state index contributed by atoms with van der Waals surface area (Å²) in [4.78, 5) is 20.7. The molecule has 3 N–H and O–H groups in total. The zero-order valence-electron chi connectivity index (χ0n) is 16.0. The van der Waals surface area contributed by atoms with E-state index >= 15 is 0 Å². The van der Waals surface area contributed by atoms with Crippen LogP contribution in [0.2, 0.25) is 0 Å². The number of nitrogens with two attached hydrogens (primary N) is 1. The monoisotopic (exact) mass is 420 g/mol. The van der Waals surface area contributed by atoms with E-state index in [1.54, 1.807) is 23.0 Å². The van der Waals surface area contributed by atoms with Crippen molar-refractivity contribution in [1.29, 1.82) is 0 Å². The maximum Gasteiger partial charge on any atom is 0.184 e. The molecule has 0 saturated carbocycles. The number of thiazole rings is 1. The van der Waals surface area contributed by atoms with Gasteiger partial charge in [-0.15, -0.1) is 11.3 Å². The van der Waals surface area contributed by atoms with Gasteiger partial charge in [0.2, 0.25) is 0 Å². The first-order valence-electron chi connectivity index (χ1n) is 9.28. The van der Waals surface area contributed by atoms with E-state index in [1.807, 2.05) is 30.5 Å². The summed E-state index contributed by atoms with van der Waals surface area (Å²) in [7, 11) is 0. The number of hydrogen-bond donors (Lipinski definition) is 2. The number of hydrogen-bond acceptors (Lipinski definition) is 7. The maximum atomic E-state index is 14.5. The van der Waals surface area contributed by atoms with E-state index in [-0.39, 0.29) is 12.4 Å². The van der Waals surface area contributed by atoms with E-state index in [2.05, 4.69) is 30.0 Å². The van der Waals surface area contributed by atoms with Gasteiger partial charge in [0.15, 0.2) is 17.3 Å². The average Bonchev–Trinajstić information content (AvgIpc) is 3.42. The van der Waals surface area contributed by atoms with Crippen LogP contribution in [-0.4, -0.2) is 34.7 Å². The second kappa shape index (κ2) is 7.30. The van der Waals surface area contributed by atoms with E-state index in [0.717, 1.165) is 10.7 Å². The number of aryl methyl sites for hydroxylation is 1. The fourth-order valence-corrected chi connectivity index (χ4v) is 3.91. The van der Waals surface area contributed by atoms with Crippen molar-refractivity contribution >= 4 is 28.3 Å². The van der Waals surface area contributed by atoms with Crippen LogP contribution < -0.4 is 5.73 Å². The summed E-state index contributed by atoms with van der Waals surface area (Å²) in [6.07, 6.45) is 9.35. The molecule has 1 aliphatic carbocycles. The molecule has 0 radical (unpaired) electrons. The first kappa shape index (κ1) is 18.4. The summed E-state index contributed by atoms with van der Waals surface area (Å²) in [6, 6.07) is 1.84. The van der Waals surface area contributed by atoms with Gasteiger partial charge in [0.1, 0.15) is 27.9 Å². The van der Waals surface area contributed by atoms with Crippen LogP contribution in [0.1, 0.15) is 12.2 Å². The third kappa shape index (κ3) is 3.30. The van der Waals surface area contributed by atoms with Gasteiger partial charge in [0.25, 0.3) is 0 Å². The van der Waals surface area contributed by atoms with Crippen LogP contribution in [0.15, 0.2) is 53.3 Å². The fraction of sp³-hybridized carbons (Fsp3) is 0.150. The van der Waals surface area contributed by atoms with Crippen molar-refractivity contribution < 1.29 is 4.39 Å². The molecular formula is C20H17FN8S. The number of fused-ring (bicyclic) bond motifs is 1. The van der Waals surface area contributed by atoms with Crippen LogP contribution in [-0.2, 0) is 6.54 Å². The number of allylic oxidation sites excluding steroid dienone is 6. The highest BCUT2D eigenvalue weighted by atomic mass is 32.1. The molecular weight excluding hydrogens is 403 g/mol. The van der Waals surface area contributed by atoms with Crippen molar-refractivity contribution in [2.75, 3.05) is 5.73 Å². The molecule has 4 aromatic rings. The van der Waals surface area contributed by atoms with Crippen LogP contribution in [0, 0.1) is 6.92 Å². The summed E-state index contributed by atoms with van der Waals surface area (Å²) in [5.74, 6) is 1.10. The number of H-pyrrole nitrogens is 1. The van der Waals surface area contributed by atoms with Crippen molar-refractivity contribution in [1.82, 2.24) is 34.7 Å². The van der Waals surface area contributed by atoms with Gasteiger partial charge in [-0.3, -0.25) is 4.68 Å². The Bertz CT molecular complexity index is 1330. The molecule has 4 heterocycles. The number of rotatable bonds is 4. The van der Waals surface area contributed by atoms with Gasteiger partial charge in [-0.05, 0) is 25.5 Å². The third-order valence-electron chi connectivity index (χ3n) is 4.65. The van der Waals surface area contributed by atoms with E-state index in [0.29, 0.717) is 46.3 Å². The predicted molar refractivity (Wildman–Crippen MR) is 114 cm³/mol. The van der Waals surface area contributed by atoms with Gasteiger partial charge in [-0.25, -0.2) is 24.3 Å². The average molecular weight is 420 g/mol. The fourth-order valence-electron chi connectivity index (χ4n) is 3.25. The molecule has 0 bridgehead atoms. The Hall–Kier alpha value is -3.66. The van der Waals surface area contributed by atoms with Crippen molar-refractivity contribution in [3.05, 3.63) is 59.2 Å². The van der Waals surface area contributed by atoms with Crippen molar-refractivity contribution in [2.45, 2.75) is 19.9 Å². The van der Waals surface area contributed by atoms with Crippen molar-refractivity contribution in [3.8, 4) is 22.2 Å². The predicted octanol–water partition coefficient (Wildman–Crippen LogP) is 3.97. The van der Waals surface area contributed by atoms with Gasteiger partial charge >= 0.3 is 0 Å². The second-order valence-electron chi connectivity index (χ2n) is 6.77. The quantitative estimate of drug-likeness (QED) is 0.517. The topological polar surface area (TPSA) is 111 Å². The summed E-state index contributed by atoms with van der Waals surface area (Å²) < 4.78 is 16.2. The number of nitrogens with one attached hydrogen (secondary N) is 1. The lowest BCUT2D eigenvalue weighted by atomic mass is 10.2. The minimum absolute atomic E-state index is 0.251. The van der Waals surface area contributed by atoms with Gasteiger partial charge in [-0.2, -0.15) is 5.10 Å². The largest absolute Gasteiger partial charge is 0.382 e. The zero-order chi connectivity index (χ0) is 20.7. The molecule has 0 amide bonds. The maximum absolute atomic E-state index is 14.5. The summed E-state index contributed by atoms with van der Waals surface area (Å²) in [5, 5.41) is 7.31. The Balaban J connectivity index is 1.62. The first-order valence-corrected chi connectivity index (χ1v) is 10.2. The molecule has 150 valence electrons. The summed E-state index contributed by atoms with van der Waals surface area (Å²) >= 11 is 1.48. The molecule has 0 saturated heterocycles. The molecule has 4 aromatic heterocycles. The molecule has 1 aliphatic rings. The molecule has 10 heteroatoms. The number of nitrogens with zero attached hydrogens (tertiary/aromatic N) is 6. The molecule has 0 fully saturated rings. The number of imidazole rings is 1. The number of aromatic nitrogens is 7. The minimum atomic E-state index is -0.254. The zero-order valence-corrected chi connectivity index (χ0v) is 16.8.